The van der Waals surface area contributed by atoms with Crippen LogP contribution in [0.25, 0.3) is 10.9 Å². The lowest BCUT2D eigenvalue weighted by molar-refractivity contribution is 0.0169. The second-order valence-corrected chi connectivity index (χ2v) is 8.84. The van der Waals surface area contributed by atoms with E-state index >= 15 is 0 Å². The number of carbonyl (C=O) groups excluding carboxylic acids is 2. The van der Waals surface area contributed by atoms with E-state index in [1.165, 1.54) is 0 Å². The molecule has 2 N–H and O–H groups in total. The van der Waals surface area contributed by atoms with Gasteiger partial charge in [0.25, 0.3) is 5.91 Å². The molecule has 1 atom stereocenters. The van der Waals surface area contributed by atoms with Crippen molar-refractivity contribution >= 4 is 45.5 Å². The summed E-state index contributed by atoms with van der Waals surface area (Å²) in [6.07, 6.45) is 1.21. The van der Waals surface area contributed by atoms with Crippen LogP contribution in [0.3, 0.4) is 0 Å². The maximum Gasteiger partial charge on any atom is 0.410 e. The molecule has 2 heterocycles. The van der Waals surface area contributed by atoms with Gasteiger partial charge in [0.15, 0.2) is 0 Å². The second kappa shape index (κ2) is 7.58. The summed E-state index contributed by atoms with van der Waals surface area (Å²) in [4.78, 5) is 26.2. The van der Waals surface area contributed by atoms with Crippen LogP contribution in [0.2, 0.25) is 0 Å². The molecule has 0 unspecified atom stereocenters. The van der Waals surface area contributed by atoms with Crippen LogP contribution in [-0.2, 0) is 4.74 Å². The number of ether oxygens (including phenoxy) is 1. The lowest BCUT2D eigenvalue weighted by Gasteiger charge is -2.34. The quantitative estimate of drug-likeness (QED) is 0.643. The second-order valence-electron chi connectivity index (χ2n) is 7.82. The molecule has 1 aliphatic rings. The van der Waals surface area contributed by atoms with Crippen molar-refractivity contribution in [2.45, 2.75) is 45.3 Å². The number of hydrogen-bond donors (Lipinski definition) is 1. The number of nitrogens with zero attached hydrogens (tertiary/aromatic N) is 4. The maximum atomic E-state index is 12.5. The third-order valence-corrected chi connectivity index (χ3v) is 5.34. The number of benzene rings is 1. The van der Waals surface area contributed by atoms with Crippen molar-refractivity contribution in [3.63, 3.8) is 0 Å². The van der Waals surface area contributed by atoms with Crippen LogP contribution in [0.4, 0.5) is 4.79 Å². The molecule has 0 aliphatic carbocycles. The number of fused-ring (bicyclic) bond motifs is 1. The molecule has 1 aliphatic heterocycles. The van der Waals surface area contributed by atoms with Crippen LogP contribution in [-0.4, -0.2) is 45.4 Å². The highest BCUT2D eigenvalue weighted by Gasteiger charge is 2.31. The number of primary amides is 1. The van der Waals surface area contributed by atoms with Crippen molar-refractivity contribution in [3.8, 4) is 6.07 Å². The van der Waals surface area contributed by atoms with Gasteiger partial charge >= 0.3 is 6.09 Å². The van der Waals surface area contributed by atoms with Gasteiger partial charge in [-0.05, 0) is 68.3 Å². The summed E-state index contributed by atoms with van der Waals surface area (Å²) in [5.41, 5.74) is 6.31. The number of piperidine rings is 1. The first-order valence-corrected chi connectivity index (χ1v) is 10.1. The zero-order valence-electron chi connectivity index (χ0n) is 16.0. The summed E-state index contributed by atoms with van der Waals surface area (Å²) in [5, 5.41) is 14.7. The van der Waals surface area contributed by atoms with E-state index in [1.54, 1.807) is 21.7 Å². The number of hydrogen-bond acceptors (Lipinski definition) is 5. The molecule has 148 valence electrons. The fourth-order valence-corrected chi connectivity index (χ4v) is 4.21. The lowest BCUT2D eigenvalue weighted by Crippen LogP contribution is -2.43. The summed E-state index contributed by atoms with van der Waals surface area (Å²) in [6.45, 7) is 6.51. The van der Waals surface area contributed by atoms with Crippen molar-refractivity contribution in [1.82, 2.24) is 14.7 Å². The fraction of sp³-hybridized carbons (Fsp3) is 0.474. The SMILES string of the molecule is CC(C)(C)OC(=O)N1CCC[C@@H](n2nc(I)c3c(C#N)ccc(C(N)=O)c32)C1. The monoisotopic (exact) mass is 495 g/mol. The highest BCUT2D eigenvalue weighted by atomic mass is 127. The molecule has 0 bridgehead atoms. The highest BCUT2D eigenvalue weighted by molar-refractivity contribution is 14.1. The minimum absolute atomic E-state index is 0.140. The van der Waals surface area contributed by atoms with E-state index in [1.807, 2.05) is 20.8 Å². The third-order valence-electron chi connectivity index (χ3n) is 4.59. The number of nitrogens with two attached hydrogens (primary N) is 1. The molecule has 0 spiro atoms. The van der Waals surface area contributed by atoms with Crippen molar-refractivity contribution < 1.29 is 14.3 Å². The highest BCUT2D eigenvalue weighted by Crippen LogP contribution is 2.32. The Hall–Kier alpha value is -2.35. The third kappa shape index (κ3) is 3.92. The van der Waals surface area contributed by atoms with Gasteiger partial charge in [-0.1, -0.05) is 0 Å². The van der Waals surface area contributed by atoms with Crippen molar-refractivity contribution in [3.05, 3.63) is 27.0 Å². The molecule has 1 fully saturated rings. The molecular formula is C19H22IN5O3. The summed E-state index contributed by atoms with van der Waals surface area (Å²) in [7, 11) is 0. The molecule has 1 aromatic heterocycles. The molecular weight excluding hydrogens is 473 g/mol. The van der Waals surface area contributed by atoms with E-state index in [-0.39, 0.29) is 12.1 Å². The van der Waals surface area contributed by atoms with Crippen molar-refractivity contribution in [2.24, 2.45) is 5.73 Å². The number of halogens is 1. The first-order valence-electron chi connectivity index (χ1n) is 9.01. The van der Waals surface area contributed by atoms with E-state index in [4.69, 9.17) is 10.5 Å². The van der Waals surface area contributed by atoms with Gasteiger partial charge in [-0.2, -0.15) is 10.4 Å². The number of aromatic nitrogens is 2. The minimum atomic E-state index is -0.577. The van der Waals surface area contributed by atoms with Crippen molar-refractivity contribution in [1.29, 1.82) is 5.26 Å². The van der Waals surface area contributed by atoms with Gasteiger partial charge in [0.1, 0.15) is 9.30 Å². The predicted molar refractivity (Wildman–Crippen MR) is 112 cm³/mol. The Kier molecular flexibility index (Phi) is 5.52. The Balaban J connectivity index is 2.03. The molecule has 9 heteroatoms. The first kappa shape index (κ1) is 20.4. The van der Waals surface area contributed by atoms with Crippen LogP contribution < -0.4 is 5.73 Å². The zero-order chi connectivity index (χ0) is 20.6. The normalized spacial score (nSPS) is 17.4. The van der Waals surface area contributed by atoms with Crippen LogP contribution >= 0.6 is 22.6 Å². The van der Waals surface area contributed by atoms with Gasteiger partial charge in [0.2, 0.25) is 0 Å². The zero-order valence-corrected chi connectivity index (χ0v) is 18.2. The predicted octanol–water partition coefficient (Wildman–Crippen LogP) is 3.18. The maximum absolute atomic E-state index is 12.5. The Morgan fingerprint density at radius 2 is 2.11 bits per heavy atom. The molecule has 3 rings (SSSR count). The number of nitriles is 1. The molecule has 0 radical (unpaired) electrons. The summed E-state index contributed by atoms with van der Waals surface area (Å²) in [5.74, 6) is -0.577. The van der Waals surface area contributed by atoms with E-state index in [9.17, 15) is 14.9 Å². The van der Waals surface area contributed by atoms with Gasteiger partial charge in [-0.15, -0.1) is 0 Å². The van der Waals surface area contributed by atoms with E-state index in [0.717, 1.165) is 12.8 Å². The van der Waals surface area contributed by atoms with Crippen molar-refractivity contribution in [2.75, 3.05) is 13.1 Å². The Labute approximate surface area is 176 Å². The molecule has 28 heavy (non-hydrogen) atoms. The Morgan fingerprint density at radius 1 is 1.39 bits per heavy atom. The number of likely N-dealkylation sites (tertiary alicyclic amines) is 1. The van der Waals surface area contributed by atoms with Crippen LogP contribution in [0.1, 0.15) is 55.6 Å². The van der Waals surface area contributed by atoms with Gasteiger partial charge < -0.3 is 15.4 Å². The van der Waals surface area contributed by atoms with Gasteiger partial charge in [-0.25, -0.2) is 4.79 Å². The van der Waals surface area contributed by atoms with Crippen LogP contribution in [0.5, 0.6) is 0 Å². The molecule has 0 saturated carbocycles. The first-order chi connectivity index (χ1) is 13.1. The van der Waals surface area contributed by atoms with Crippen LogP contribution in [0.15, 0.2) is 12.1 Å². The fourth-order valence-electron chi connectivity index (χ4n) is 3.44. The minimum Gasteiger partial charge on any atom is -0.444 e. The number of rotatable bonds is 2. The molecule has 1 aromatic carbocycles. The largest absolute Gasteiger partial charge is 0.444 e. The summed E-state index contributed by atoms with van der Waals surface area (Å²) >= 11 is 2.06. The van der Waals surface area contributed by atoms with E-state index in [2.05, 4.69) is 33.8 Å². The lowest BCUT2D eigenvalue weighted by atomic mass is 10.0. The van der Waals surface area contributed by atoms with E-state index in [0.29, 0.717) is 38.8 Å². The van der Waals surface area contributed by atoms with Gasteiger partial charge in [0.05, 0.1) is 34.1 Å². The number of amides is 2. The molecule has 2 aromatic rings. The average Bonchev–Trinajstić information content (AvgIpc) is 2.97. The Bertz CT molecular complexity index is 986. The average molecular weight is 495 g/mol. The smallest absolute Gasteiger partial charge is 0.410 e. The molecule has 1 saturated heterocycles. The van der Waals surface area contributed by atoms with Gasteiger partial charge in [0, 0.05) is 13.1 Å². The topological polar surface area (TPSA) is 114 Å². The Morgan fingerprint density at radius 3 is 2.71 bits per heavy atom. The number of carbonyl (C=O) groups is 2. The summed E-state index contributed by atoms with van der Waals surface area (Å²) in [6, 6.07) is 5.16. The van der Waals surface area contributed by atoms with Crippen LogP contribution in [0, 0.1) is 15.0 Å². The summed E-state index contributed by atoms with van der Waals surface area (Å²) < 4.78 is 7.86. The van der Waals surface area contributed by atoms with Gasteiger partial charge in [-0.3, -0.25) is 9.48 Å². The molecule has 8 nitrogen and oxygen atoms in total. The van der Waals surface area contributed by atoms with E-state index < -0.39 is 11.5 Å². The molecule has 2 amide bonds. The standard InChI is InChI=1S/C19H22IN5O3/c1-19(2,3)28-18(27)24-8-4-5-12(10-24)25-15-13(17(22)26)7-6-11(9-21)14(15)16(20)23-25/h6-7,12H,4-5,8,10H2,1-3H3,(H2,22,26)/t12-/m1/s1.